The lowest BCUT2D eigenvalue weighted by molar-refractivity contribution is 0.311. The van der Waals surface area contributed by atoms with Crippen molar-refractivity contribution in [3.63, 3.8) is 0 Å². The minimum absolute atomic E-state index is 0.697. The highest BCUT2D eigenvalue weighted by molar-refractivity contribution is 5.66. The van der Waals surface area contributed by atoms with Crippen LogP contribution in [-0.2, 0) is 0 Å². The Morgan fingerprint density at radius 3 is 2.48 bits per heavy atom. The van der Waals surface area contributed by atoms with Gasteiger partial charge < -0.3 is 9.80 Å². The summed E-state index contributed by atoms with van der Waals surface area (Å²) in [5, 5.41) is 0. The van der Waals surface area contributed by atoms with Crippen LogP contribution in [-0.4, -0.2) is 53.1 Å². The van der Waals surface area contributed by atoms with Crippen LogP contribution in [0.4, 0.5) is 5.95 Å². The molecular weight excluding hydrogens is 262 g/mol. The van der Waals surface area contributed by atoms with Crippen LogP contribution in [0, 0.1) is 0 Å². The molecule has 0 amide bonds. The quantitative estimate of drug-likeness (QED) is 0.858. The van der Waals surface area contributed by atoms with E-state index in [2.05, 4.69) is 43.9 Å². The third-order valence-corrected chi connectivity index (χ3v) is 3.59. The molecule has 1 aromatic heterocycles. The van der Waals surface area contributed by atoms with Crippen LogP contribution >= 0.6 is 0 Å². The fraction of sp³-hybridized carbons (Fsp3) is 0.312. The molecule has 1 aliphatic rings. The average molecular weight is 281 g/mol. The van der Waals surface area contributed by atoms with E-state index in [1.54, 1.807) is 6.33 Å². The Morgan fingerprint density at radius 1 is 0.952 bits per heavy atom. The highest BCUT2D eigenvalue weighted by atomic mass is 15.3. The standard InChI is InChI=1S/C16H19N5/c1-20-9-11-21(12-10-20)16-18-13-17-15(19-16)8-7-14-5-3-2-4-6-14/h2-8,13H,9-12H2,1H3. The molecule has 1 fully saturated rings. The summed E-state index contributed by atoms with van der Waals surface area (Å²) in [6, 6.07) is 10.1. The van der Waals surface area contributed by atoms with Gasteiger partial charge in [-0.05, 0) is 18.7 Å². The number of nitrogens with zero attached hydrogens (tertiary/aromatic N) is 5. The highest BCUT2D eigenvalue weighted by Crippen LogP contribution is 2.11. The molecule has 1 aliphatic heterocycles. The maximum Gasteiger partial charge on any atom is 0.228 e. The Labute approximate surface area is 125 Å². The fourth-order valence-corrected chi connectivity index (χ4v) is 2.27. The van der Waals surface area contributed by atoms with Crippen molar-refractivity contribution in [1.29, 1.82) is 0 Å². The third kappa shape index (κ3) is 3.64. The molecule has 0 unspecified atom stereocenters. The predicted octanol–water partition coefficient (Wildman–Crippen LogP) is 1.79. The van der Waals surface area contributed by atoms with Crippen molar-refractivity contribution in [3.8, 4) is 0 Å². The van der Waals surface area contributed by atoms with Gasteiger partial charge in [-0.1, -0.05) is 36.4 Å². The number of piperazine rings is 1. The second-order valence-electron chi connectivity index (χ2n) is 5.18. The van der Waals surface area contributed by atoms with E-state index < -0.39 is 0 Å². The Morgan fingerprint density at radius 2 is 1.71 bits per heavy atom. The van der Waals surface area contributed by atoms with Gasteiger partial charge in [-0.2, -0.15) is 4.98 Å². The average Bonchev–Trinajstić information content (AvgIpc) is 2.55. The smallest absolute Gasteiger partial charge is 0.228 e. The van der Waals surface area contributed by atoms with Gasteiger partial charge in [0.25, 0.3) is 0 Å². The second-order valence-corrected chi connectivity index (χ2v) is 5.18. The molecule has 5 nitrogen and oxygen atoms in total. The van der Waals surface area contributed by atoms with E-state index in [4.69, 9.17) is 0 Å². The van der Waals surface area contributed by atoms with Crippen molar-refractivity contribution in [2.45, 2.75) is 0 Å². The van der Waals surface area contributed by atoms with Crippen molar-refractivity contribution in [2.24, 2.45) is 0 Å². The van der Waals surface area contributed by atoms with Crippen LogP contribution in [0.5, 0.6) is 0 Å². The summed E-state index contributed by atoms with van der Waals surface area (Å²) < 4.78 is 0. The molecule has 5 heteroatoms. The lowest BCUT2D eigenvalue weighted by Gasteiger charge is -2.32. The molecule has 21 heavy (non-hydrogen) atoms. The molecule has 0 aliphatic carbocycles. The molecule has 3 rings (SSSR count). The molecule has 0 spiro atoms. The van der Waals surface area contributed by atoms with E-state index in [0.29, 0.717) is 5.82 Å². The van der Waals surface area contributed by atoms with E-state index in [1.807, 2.05) is 30.4 Å². The molecular formula is C16H19N5. The van der Waals surface area contributed by atoms with Gasteiger partial charge >= 0.3 is 0 Å². The summed E-state index contributed by atoms with van der Waals surface area (Å²) in [5.74, 6) is 1.47. The molecule has 2 heterocycles. The number of hydrogen-bond donors (Lipinski definition) is 0. The maximum absolute atomic E-state index is 4.53. The van der Waals surface area contributed by atoms with E-state index >= 15 is 0 Å². The van der Waals surface area contributed by atoms with Gasteiger partial charge in [0.05, 0.1) is 0 Å². The second kappa shape index (κ2) is 6.45. The molecule has 2 aromatic rings. The maximum atomic E-state index is 4.53. The highest BCUT2D eigenvalue weighted by Gasteiger charge is 2.16. The fourth-order valence-electron chi connectivity index (χ4n) is 2.27. The van der Waals surface area contributed by atoms with Crippen LogP contribution in [0.3, 0.4) is 0 Å². The van der Waals surface area contributed by atoms with Crippen LogP contribution in [0.25, 0.3) is 12.2 Å². The molecule has 0 radical (unpaired) electrons. The van der Waals surface area contributed by atoms with Gasteiger partial charge in [-0.3, -0.25) is 0 Å². The SMILES string of the molecule is CN1CCN(c2ncnc(C=Cc3ccccc3)n2)CC1. The first-order valence-electron chi connectivity index (χ1n) is 7.17. The summed E-state index contributed by atoms with van der Waals surface area (Å²) in [7, 11) is 2.14. The van der Waals surface area contributed by atoms with Crippen LogP contribution in [0.1, 0.15) is 11.4 Å². The Kier molecular flexibility index (Phi) is 4.21. The molecule has 0 saturated carbocycles. The third-order valence-electron chi connectivity index (χ3n) is 3.59. The van der Waals surface area contributed by atoms with E-state index in [-0.39, 0.29) is 0 Å². The minimum atomic E-state index is 0.697. The molecule has 1 saturated heterocycles. The van der Waals surface area contributed by atoms with Crippen molar-refractivity contribution >= 4 is 18.1 Å². The molecule has 108 valence electrons. The van der Waals surface area contributed by atoms with Crippen LogP contribution in [0.2, 0.25) is 0 Å². The monoisotopic (exact) mass is 281 g/mol. The van der Waals surface area contributed by atoms with Gasteiger partial charge in [0.1, 0.15) is 6.33 Å². The molecule has 0 atom stereocenters. The number of likely N-dealkylation sites (N-methyl/N-ethyl adjacent to an activating group) is 1. The largest absolute Gasteiger partial charge is 0.338 e. The summed E-state index contributed by atoms with van der Waals surface area (Å²) in [4.78, 5) is 17.6. The first-order chi connectivity index (χ1) is 10.3. The number of hydrogen-bond acceptors (Lipinski definition) is 5. The predicted molar refractivity (Wildman–Crippen MR) is 84.9 cm³/mol. The number of aromatic nitrogens is 3. The molecule has 1 aromatic carbocycles. The first kappa shape index (κ1) is 13.7. The van der Waals surface area contributed by atoms with Crippen molar-refractivity contribution in [3.05, 3.63) is 48.0 Å². The normalized spacial score (nSPS) is 16.5. The number of rotatable bonds is 3. The van der Waals surface area contributed by atoms with Crippen molar-refractivity contribution < 1.29 is 0 Å². The number of anilines is 1. The summed E-state index contributed by atoms with van der Waals surface area (Å²) in [6.07, 6.45) is 5.53. The zero-order valence-corrected chi connectivity index (χ0v) is 12.2. The van der Waals surface area contributed by atoms with Gasteiger partial charge in [0, 0.05) is 26.2 Å². The lowest BCUT2D eigenvalue weighted by Crippen LogP contribution is -2.45. The zero-order valence-electron chi connectivity index (χ0n) is 12.2. The molecule has 0 bridgehead atoms. The van der Waals surface area contributed by atoms with E-state index in [0.717, 1.165) is 37.7 Å². The number of benzene rings is 1. The first-order valence-corrected chi connectivity index (χ1v) is 7.17. The van der Waals surface area contributed by atoms with Gasteiger partial charge in [0.15, 0.2) is 5.82 Å². The minimum Gasteiger partial charge on any atom is -0.338 e. The Hall–Kier alpha value is -2.27. The molecule has 0 N–H and O–H groups in total. The summed E-state index contributed by atoms with van der Waals surface area (Å²) in [5.41, 5.74) is 1.14. The van der Waals surface area contributed by atoms with Gasteiger partial charge in [-0.25, -0.2) is 9.97 Å². The van der Waals surface area contributed by atoms with E-state index in [1.165, 1.54) is 0 Å². The summed E-state index contributed by atoms with van der Waals surface area (Å²) in [6.45, 7) is 4.01. The lowest BCUT2D eigenvalue weighted by atomic mass is 10.2. The topological polar surface area (TPSA) is 45.2 Å². The van der Waals surface area contributed by atoms with Crippen LogP contribution < -0.4 is 4.90 Å². The van der Waals surface area contributed by atoms with Gasteiger partial charge in [-0.15, -0.1) is 0 Å². The van der Waals surface area contributed by atoms with Gasteiger partial charge in [0.2, 0.25) is 5.95 Å². The Bertz CT molecular complexity index is 603. The Balaban J connectivity index is 1.73. The van der Waals surface area contributed by atoms with Crippen LogP contribution in [0.15, 0.2) is 36.7 Å². The zero-order chi connectivity index (χ0) is 14.5. The van der Waals surface area contributed by atoms with Crippen molar-refractivity contribution in [1.82, 2.24) is 19.9 Å². The van der Waals surface area contributed by atoms with Crippen molar-refractivity contribution in [2.75, 3.05) is 38.1 Å². The summed E-state index contributed by atoms with van der Waals surface area (Å²) >= 11 is 0. The van der Waals surface area contributed by atoms with E-state index in [9.17, 15) is 0 Å².